The first-order chi connectivity index (χ1) is 7.71. The molecule has 0 aliphatic carbocycles. The van der Waals surface area contributed by atoms with E-state index in [1.54, 1.807) is 11.3 Å². The minimum atomic E-state index is -0.481. The van der Waals surface area contributed by atoms with Crippen molar-refractivity contribution in [2.75, 3.05) is 0 Å². The molecule has 0 spiro atoms. The highest BCUT2D eigenvalue weighted by Crippen LogP contribution is 2.23. The van der Waals surface area contributed by atoms with Crippen LogP contribution in [0.4, 0.5) is 0 Å². The zero-order chi connectivity index (χ0) is 13.2. The molecule has 1 unspecified atom stereocenters. The fourth-order valence-electron chi connectivity index (χ4n) is 1.45. The van der Waals surface area contributed by atoms with Crippen LogP contribution in [0.5, 0.6) is 0 Å². The minimum Gasteiger partial charge on any atom is -0.347 e. The largest absolute Gasteiger partial charge is 0.347 e. The molecule has 0 aliphatic heterocycles. The van der Waals surface area contributed by atoms with Gasteiger partial charge in [0.05, 0.1) is 12.1 Å². The topological polar surface area (TPSA) is 55.1 Å². The van der Waals surface area contributed by atoms with E-state index in [9.17, 15) is 4.79 Å². The van der Waals surface area contributed by atoms with Crippen LogP contribution in [0, 0.1) is 12.3 Å². The van der Waals surface area contributed by atoms with E-state index in [-0.39, 0.29) is 17.4 Å². The summed E-state index contributed by atoms with van der Waals surface area (Å²) in [5.41, 5.74) is 5.70. The Morgan fingerprint density at radius 3 is 2.41 bits per heavy atom. The Kier molecular flexibility index (Phi) is 4.33. The normalized spacial score (nSPS) is 15.4. The first-order valence-corrected chi connectivity index (χ1v) is 6.65. The van der Waals surface area contributed by atoms with Crippen molar-refractivity contribution in [2.24, 2.45) is 11.1 Å². The van der Waals surface area contributed by atoms with Gasteiger partial charge in [0.25, 0.3) is 0 Å². The highest BCUT2D eigenvalue weighted by Gasteiger charge is 2.28. The summed E-state index contributed by atoms with van der Waals surface area (Å²) in [6, 6.07) is 3.65. The van der Waals surface area contributed by atoms with E-state index in [4.69, 9.17) is 5.73 Å². The average Bonchev–Trinajstić information content (AvgIpc) is 2.62. The maximum atomic E-state index is 11.9. The van der Waals surface area contributed by atoms with E-state index in [0.717, 1.165) is 4.88 Å². The van der Waals surface area contributed by atoms with Gasteiger partial charge in [0, 0.05) is 9.75 Å². The standard InChI is InChI=1S/C13H22N2OS/c1-8-6-7-10(17-8)9(2)15-12(16)11(14)13(3,4)5/h6-7,9,11H,14H2,1-5H3,(H,15,16)/t9?,11-/m0/s1. The van der Waals surface area contributed by atoms with Crippen LogP contribution in [0.25, 0.3) is 0 Å². The quantitative estimate of drug-likeness (QED) is 0.871. The van der Waals surface area contributed by atoms with Crippen LogP contribution in [-0.4, -0.2) is 11.9 Å². The highest BCUT2D eigenvalue weighted by atomic mass is 32.1. The molecule has 1 amide bonds. The van der Waals surface area contributed by atoms with E-state index in [1.807, 2.05) is 33.8 Å². The molecule has 2 atom stereocenters. The van der Waals surface area contributed by atoms with E-state index >= 15 is 0 Å². The fourth-order valence-corrected chi connectivity index (χ4v) is 2.33. The molecule has 0 saturated carbocycles. The second-order valence-corrected chi connectivity index (χ2v) is 6.84. The van der Waals surface area contributed by atoms with Gasteiger partial charge < -0.3 is 11.1 Å². The lowest BCUT2D eigenvalue weighted by Gasteiger charge is -2.27. The van der Waals surface area contributed by atoms with E-state index in [1.165, 1.54) is 4.88 Å². The van der Waals surface area contributed by atoms with Crippen molar-refractivity contribution in [3.8, 4) is 0 Å². The van der Waals surface area contributed by atoms with Crippen molar-refractivity contribution in [2.45, 2.75) is 46.7 Å². The number of nitrogens with one attached hydrogen (secondary N) is 1. The molecular weight excluding hydrogens is 232 g/mol. The van der Waals surface area contributed by atoms with Gasteiger partial charge in [-0.2, -0.15) is 0 Å². The monoisotopic (exact) mass is 254 g/mol. The SMILES string of the molecule is Cc1ccc(C(C)NC(=O)[C@H](N)C(C)(C)C)s1. The van der Waals surface area contributed by atoms with Gasteiger partial charge in [0.15, 0.2) is 0 Å². The summed E-state index contributed by atoms with van der Waals surface area (Å²) in [5, 5.41) is 2.96. The molecule has 17 heavy (non-hydrogen) atoms. The van der Waals surface area contributed by atoms with Crippen LogP contribution < -0.4 is 11.1 Å². The second kappa shape index (κ2) is 5.19. The summed E-state index contributed by atoms with van der Waals surface area (Å²) in [5.74, 6) is -0.0870. The number of nitrogens with two attached hydrogens (primary N) is 1. The number of carbonyl (C=O) groups is 1. The number of carbonyl (C=O) groups excluding carboxylic acids is 1. The Labute approximate surface area is 107 Å². The number of hydrogen-bond acceptors (Lipinski definition) is 3. The van der Waals surface area contributed by atoms with Crippen molar-refractivity contribution in [3.05, 3.63) is 21.9 Å². The third-order valence-electron chi connectivity index (χ3n) is 2.76. The third-order valence-corrected chi connectivity index (χ3v) is 3.95. The minimum absolute atomic E-state index is 0.0228. The van der Waals surface area contributed by atoms with Gasteiger partial charge in [-0.15, -0.1) is 11.3 Å². The van der Waals surface area contributed by atoms with Crippen LogP contribution >= 0.6 is 11.3 Å². The molecule has 0 fully saturated rings. The number of hydrogen-bond donors (Lipinski definition) is 2. The van der Waals surface area contributed by atoms with E-state index < -0.39 is 6.04 Å². The molecule has 3 N–H and O–H groups in total. The zero-order valence-corrected chi connectivity index (χ0v) is 12.0. The molecule has 1 rings (SSSR count). The number of thiophene rings is 1. The number of aryl methyl sites for hydroxylation is 1. The molecular formula is C13H22N2OS. The summed E-state index contributed by atoms with van der Waals surface area (Å²) < 4.78 is 0. The Morgan fingerprint density at radius 1 is 1.41 bits per heavy atom. The molecule has 3 nitrogen and oxygen atoms in total. The van der Waals surface area contributed by atoms with Gasteiger partial charge in [0.1, 0.15) is 0 Å². The van der Waals surface area contributed by atoms with Gasteiger partial charge >= 0.3 is 0 Å². The van der Waals surface area contributed by atoms with Gasteiger partial charge in [-0.25, -0.2) is 0 Å². The first kappa shape index (κ1) is 14.2. The molecule has 0 bridgehead atoms. The lowest BCUT2D eigenvalue weighted by Crippen LogP contribution is -2.49. The van der Waals surface area contributed by atoms with Crippen molar-refractivity contribution < 1.29 is 4.79 Å². The molecule has 0 saturated heterocycles. The van der Waals surface area contributed by atoms with Crippen LogP contribution in [0.3, 0.4) is 0 Å². The van der Waals surface area contributed by atoms with Gasteiger partial charge in [-0.1, -0.05) is 20.8 Å². The summed E-state index contributed by atoms with van der Waals surface area (Å²) >= 11 is 1.70. The maximum absolute atomic E-state index is 11.9. The summed E-state index contributed by atoms with van der Waals surface area (Å²) in [6.07, 6.45) is 0. The predicted octanol–water partition coefficient (Wildman–Crippen LogP) is 2.61. The Hall–Kier alpha value is -0.870. The molecule has 4 heteroatoms. The summed E-state index contributed by atoms with van der Waals surface area (Å²) in [4.78, 5) is 14.4. The van der Waals surface area contributed by atoms with Crippen molar-refractivity contribution in [1.29, 1.82) is 0 Å². The Bertz CT molecular complexity index is 392. The summed E-state index contributed by atoms with van der Waals surface area (Å²) in [7, 11) is 0. The number of rotatable bonds is 3. The molecule has 0 aliphatic rings. The average molecular weight is 254 g/mol. The zero-order valence-electron chi connectivity index (χ0n) is 11.2. The van der Waals surface area contributed by atoms with Crippen LogP contribution in [-0.2, 0) is 4.79 Å². The van der Waals surface area contributed by atoms with E-state index in [2.05, 4.69) is 18.3 Å². The number of amides is 1. The van der Waals surface area contributed by atoms with Crippen molar-refractivity contribution in [1.82, 2.24) is 5.32 Å². The van der Waals surface area contributed by atoms with Gasteiger partial charge in [0.2, 0.25) is 5.91 Å². The lowest BCUT2D eigenvalue weighted by atomic mass is 9.87. The van der Waals surface area contributed by atoms with E-state index in [0.29, 0.717) is 0 Å². The molecule has 1 aromatic heterocycles. The summed E-state index contributed by atoms with van der Waals surface area (Å²) in [6.45, 7) is 9.95. The molecule has 1 heterocycles. The lowest BCUT2D eigenvalue weighted by molar-refractivity contribution is -0.125. The van der Waals surface area contributed by atoms with Crippen LogP contribution in [0.1, 0.15) is 43.5 Å². The fraction of sp³-hybridized carbons (Fsp3) is 0.615. The molecule has 1 aromatic rings. The van der Waals surface area contributed by atoms with Crippen molar-refractivity contribution >= 4 is 17.2 Å². The Morgan fingerprint density at radius 2 is 2.00 bits per heavy atom. The molecule has 96 valence electrons. The maximum Gasteiger partial charge on any atom is 0.237 e. The van der Waals surface area contributed by atoms with Crippen LogP contribution in [0.15, 0.2) is 12.1 Å². The van der Waals surface area contributed by atoms with Crippen molar-refractivity contribution in [3.63, 3.8) is 0 Å². The predicted molar refractivity (Wildman–Crippen MR) is 73.0 cm³/mol. The first-order valence-electron chi connectivity index (χ1n) is 5.84. The van der Waals surface area contributed by atoms with Gasteiger partial charge in [-0.3, -0.25) is 4.79 Å². The third kappa shape index (κ3) is 3.82. The second-order valence-electron chi connectivity index (χ2n) is 5.52. The smallest absolute Gasteiger partial charge is 0.237 e. The highest BCUT2D eigenvalue weighted by molar-refractivity contribution is 7.12. The molecule has 0 radical (unpaired) electrons. The van der Waals surface area contributed by atoms with Crippen LogP contribution in [0.2, 0.25) is 0 Å². The van der Waals surface area contributed by atoms with Gasteiger partial charge in [-0.05, 0) is 31.4 Å². The Balaban J connectivity index is 2.63. The molecule has 0 aromatic carbocycles.